The van der Waals surface area contributed by atoms with Crippen LogP contribution in [0.25, 0.3) is 0 Å². The second-order valence-electron chi connectivity index (χ2n) is 4.84. The third-order valence-electron chi connectivity index (χ3n) is 3.09. The predicted molar refractivity (Wildman–Crippen MR) is 87.2 cm³/mol. The minimum Gasteiger partial charge on any atom is -0.507 e. The number of halogens is 1. The van der Waals surface area contributed by atoms with E-state index in [1.165, 1.54) is 30.5 Å². The molecule has 24 heavy (non-hydrogen) atoms. The number of para-hydroxylation sites is 1. The number of phenolic OH excluding ortho intramolecular Hbond substituents is 1. The average Bonchev–Trinajstić information content (AvgIpc) is 2.57. The number of carbonyl (C=O) groups is 2. The van der Waals surface area contributed by atoms with Gasteiger partial charge in [-0.1, -0.05) is 24.3 Å². The van der Waals surface area contributed by atoms with Crippen LogP contribution in [-0.2, 0) is 4.79 Å². The third kappa shape index (κ3) is 4.91. The van der Waals surface area contributed by atoms with Crippen LogP contribution in [0.3, 0.4) is 0 Å². The van der Waals surface area contributed by atoms with Crippen LogP contribution in [-0.4, -0.2) is 29.7 Å². The number of hydrogen-bond acceptors (Lipinski definition) is 4. The van der Waals surface area contributed by atoms with Gasteiger partial charge in [0.2, 0.25) is 5.91 Å². The molecule has 7 heteroatoms. The number of phenols is 1. The summed E-state index contributed by atoms with van der Waals surface area (Å²) >= 11 is 0. The molecule has 0 aliphatic heterocycles. The lowest BCUT2D eigenvalue weighted by Gasteiger charge is -2.05. The van der Waals surface area contributed by atoms with Crippen molar-refractivity contribution in [1.29, 1.82) is 0 Å². The smallest absolute Gasteiger partial charge is 0.254 e. The zero-order chi connectivity index (χ0) is 17.4. The Morgan fingerprint density at radius 1 is 1.12 bits per heavy atom. The van der Waals surface area contributed by atoms with Gasteiger partial charge in [0.25, 0.3) is 5.91 Å². The van der Waals surface area contributed by atoms with Crippen LogP contribution in [0, 0.1) is 5.82 Å². The van der Waals surface area contributed by atoms with Gasteiger partial charge in [-0.25, -0.2) is 9.82 Å². The van der Waals surface area contributed by atoms with Gasteiger partial charge < -0.3 is 10.4 Å². The summed E-state index contributed by atoms with van der Waals surface area (Å²) in [5.74, 6) is -1.58. The molecule has 0 aliphatic carbocycles. The number of benzene rings is 2. The Balaban J connectivity index is 1.75. The quantitative estimate of drug-likeness (QED) is 0.557. The normalized spacial score (nSPS) is 10.5. The summed E-state index contributed by atoms with van der Waals surface area (Å²) in [5.41, 5.74) is 2.67. The van der Waals surface area contributed by atoms with Crippen molar-refractivity contribution in [1.82, 2.24) is 10.7 Å². The van der Waals surface area contributed by atoms with Crippen molar-refractivity contribution in [2.45, 2.75) is 6.42 Å². The molecule has 2 amide bonds. The molecule has 0 radical (unpaired) electrons. The monoisotopic (exact) mass is 329 g/mol. The summed E-state index contributed by atoms with van der Waals surface area (Å²) < 4.78 is 13.4. The first kappa shape index (κ1) is 17.1. The van der Waals surface area contributed by atoms with E-state index in [-0.39, 0.29) is 24.3 Å². The van der Waals surface area contributed by atoms with Gasteiger partial charge in [-0.05, 0) is 24.3 Å². The van der Waals surface area contributed by atoms with Gasteiger partial charge in [-0.15, -0.1) is 0 Å². The van der Waals surface area contributed by atoms with Crippen LogP contribution in [0.5, 0.6) is 5.75 Å². The number of aromatic hydroxyl groups is 1. The number of nitrogens with zero attached hydrogens (tertiary/aromatic N) is 1. The van der Waals surface area contributed by atoms with Crippen LogP contribution >= 0.6 is 0 Å². The summed E-state index contributed by atoms with van der Waals surface area (Å²) in [5, 5.41) is 15.7. The fraction of sp³-hybridized carbons (Fsp3) is 0.118. The van der Waals surface area contributed by atoms with E-state index in [0.29, 0.717) is 5.56 Å². The van der Waals surface area contributed by atoms with Crippen LogP contribution in [0.1, 0.15) is 22.3 Å². The number of hydrazone groups is 1. The Morgan fingerprint density at radius 2 is 1.83 bits per heavy atom. The summed E-state index contributed by atoms with van der Waals surface area (Å²) in [6, 6.07) is 12.1. The largest absolute Gasteiger partial charge is 0.507 e. The highest BCUT2D eigenvalue weighted by Crippen LogP contribution is 2.12. The van der Waals surface area contributed by atoms with Gasteiger partial charge in [-0.3, -0.25) is 9.59 Å². The zero-order valence-electron chi connectivity index (χ0n) is 12.7. The first-order valence-corrected chi connectivity index (χ1v) is 7.20. The Morgan fingerprint density at radius 3 is 2.58 bits per heavy atom. The number of hydrogen-bond donors (Lipinski definition) is 3. The highest BCUT2D eigenvalue weighted by molar-refractivity contribution is 5.94. The van der Waals surface area contributed by atoms with E-state index in [1.54, 1.807) is 24.3 Å². The molecule has 0 bridgehead atoms. The van der Waals surface area contributed by atoms with Crippen LogP contribution < -0.4 is 10.7 Å². The highest BCUT2D eigenvalue weighted by Gasteiger charge is 2.10. The minimum absolute atomic E-state index is 0.0156. The van der Waals surface area contributed by atoms with Gasteiger partial charge in [0.15, 0.2) is 0 Å². The molecular formula is C17H16FN3O3. The van der Waals surface area contributed by atoms with Gasteiger partial charge >= 0.3 is 0 Å². The van der Waals surface area contributed by atoms with E-state index in [4.69, 9.17) is 0 Å². The molecule has 124 valence electrons. The summed E-state index contributed by atoms with van der Waals surface area (Å²) in [7, 11) is 0. The van der Waals surface area contributed by atoms with Crippen LogP contribution in [0.2, 0.25) is 0 Å². The molecule has 0 saturated carbocycles. The average molecular weight is 329 g/mol. The van der Waals surface area contributed by atoms with Crippen molar-refractivity contribution in [3.8, 4) is 5.75 Å². The topological polar surface area (TPSA) is 90.8 Å². The van der Waals surface area contributed by atoms with Gasteiger partial charge in [0.05, 0.1) is 11.8 Å². The SMILES string of the molecule is O=C(CCNC(=O)c1ccccc1F)NN=Cc1ccccc1O. The lowest BCUT2D eigenvalue weighted by atomic mass is 10.2. The van der Waals surface area contributed by atoms with Crippen LogP contribution in [0.15, 0.2) is 53.6 Å². The van der Waals surface area contributed by atoms with Crippen molar-refractivity contribution < 1.29 is 19.1 Å². The van der Waals surface area contributed by atoms with Crippen molar-refractivity contribution in [3.63, 3.8) is 0 Å². The Hall–Kier alpha value is -3.22. The van der Waals surface area contributed by atoms with Gasteiger partial charge in [0.1, 0.15) is 11.6 Å². The molecule has 0 aliphatic rings. The first-order chi connectivity index (χ1) is 11.6. The molecule has 0 aromatic heterocycles. The molecule has 0 atom stereocenters. The molecule has 6 nitrogen and oxygen atoms in total. The number of carbonyl (C=O) groups excluding carboxylic acids is 2. The number of rotatable bonds is 6. The van der Waals surface area contributed by atoms with Crippen molar-refractivity contribution in [2.75, 3.05) is 6.54 Å². The fourth-order valence-electron chi connectivity index (χ4n) is 1.86. The molecule has 2 aromatic rings. The lowest BCUT2D eigenvalue weighted by molar-refractivity contribution is -0.120. The molecule has 0 spiro atoms. The van der Waals surface area contributed by atoms with Crippen LogP contribution in [0.4, 0.5) is 4.39 Å². The maximum absolute atomic E-state index is 13.4. The van der Waals surface area contributed by atoms with Gasteiger partial charge in [0, 0.05) is 18.5 Å². The predicted octanol–water partition coefficient (Wildman–Crippen LogP) is 1.80. The molecule has 2 aromatic carbocycles. The number of amides is 2. The molecular weight excluding hydrogens is 313 g/mol. The molecule has 0 saturated heterocycles. The van der Waals surface area contributed by atoms with E-state index in [9.17, 15) is 19.1 Å². The lowest BCUT2D eigenvalue weighted by Crippen LogP contribution is -2.29. The van der Waals surface area contributed by atoms with Crippen molar-refractivity contribution in [2.24, 2.45) is 5.10 Å². The summed E-state index contributed by atoms with van der Waals surface area (Å²) in [6.07, 6.45) is 1.30. The maximum Gasteiger partial charge on any atom is 0.254 e. The van der Waals surface area contributed by atoms with Gasteiger partial charge in [-0.2, -0.15) is 5.10 Å². The maximum atomic E-state index is 13.4. The van der Waals surface area contributed by atoms with E-state index in [0.717, 1.165) is 0 Å². The fourth-order valence-corrected chi connectivity index (χ4v) is 1.86. The molecule has 0 unspecified atom stereocenters. The Kier molecular flexibility index (Phi) is 6.01. The van der Waals surface area contributed by atoms with E-state index < -0.39 is 17.6 Å². The van der Waals surface area contributed by atoms with E-state index in [1.807, 2.05) is 0 Å². The van der Waals surface area contributed by atoms with E-state index >= 15 is 0 Å². The Bertz CT molecular complexity index is 762. The van der Waals surface area contributed by atoms with Crippen molar-refractivity contribution >= 4 is 18.0 Å². The third-order valence-corrected chi connectivity index (χ3v) is 3.09. The standard InChI is InChI=1S/C17H16FN3O3/c18-14-7-3-2-6-13(14)17(24)19-10-9-16(23)21-20-11-12-5-1-4-8-15(12)22/h1-8,11,22H,9-10H2,(H,19,24)(H,21,23). The zero-order valence-corrected chi connectivity index (χ0v) is 12.7. The molecule has 0 fully saturated rings. The molecule has 2 rings (SSSR count). The summed E-state index contributed by atoms with van der Waals surface area (Å²) in [4.78, 5) is 23.3. The second-order valence-corrected chi connectivity index (χ2v) is 4.84. The highest BCUT2D eigenvalue weighted by atomic mass is 19.1. The number of nitrogens with one attached hydrogen (secondary N) is 2. The summed E-state index contributed by atoms with van der Waals surface area (Å²) in [6.45, 7) is 0.0467. The second kappa shape index (κ2) is 8.42. The first-order valence-electron chi connectivity index (χ1n) is 7.20. The minimum atomic E-state index is -0.619. The van der Waals surface area contributed by atoms with Crippen molar-refractivity contribution in [3.05, 3.63) is 65.5 Å². The Labute approximate surface area is 138 Å². The molecule has 3 N–H and O–H groups in total. The molecule has 0 heterocycles. The van der Waals surface area contributed by atoms with E-state index in [2.05, 4.69) is 15.8 Å².